The van der Waals surface area contributed by atoms with Crippen LogP contribution < -0.4 is 5.73 Å². The van der Waals surface area contributed by atoms with Crippen LogP contribution in [0.3, 0.4) is 0 Å². The number of methoxy groups -OCH3 is 1. The van der Waals surface area contributed by atoms with Crippen molar-refractivity contribution in [2.75, 3.05) is 12.8 Å². The number of carbonyl (C=O) groups is 1. The lowest BCUT2D eigenvalue weighted by molar-refractivity contribution is 0.0601. The maximum atomic E-state index is 11.2. The molecule has 0 heterocycles. The highest BCUT2D eigenvalue weighted by Crippen LogP contribution is 2.30. The Morgan fingerprint density at radius 3 is 2.77 bits per heavy atom. The number of esters is 1. The summed E-state index contributed by atoms with van der Waals surface area (Å²) in [6.45, 7) is 0. The van der Waals surface area contributed by atoms with Crippen LogP contribution in [0, 0.1) is 0 Å². The first kappa shape index (κ1) is 10.3. The fraction of sp³-hybridized carbons (Fsp3) is 0.125. The first-order valence-corrected chi connectivity index (χ1v) is 4.56. The van der Waals surface area contributed by atoms with Crippen LogP contribution in [0.4, 0.5) is 5.69 Å². The molecule has 5 heteroatoms. The third-order valence-electron chi connectivity index (χ3n) is 1.52. The molecule has 1 aromatic rings. The summed E-state index contributed by atoms with van der Waals surface area (Å²) in [5.41, 5.74) is 6.17. The van der Waals surface area contributed by atoms with E-state index in [1.165, 1.54) is 7.11 Å². The number of anilines is 1. The molecule has 13 heavy (non-hydrogen) atoms. The summed E-state index contributed by atoms with van der Waals surface area (Å²) >= 11 is 8.94. The lowest BCUT2D eigenvalue weighted by atomic mass is 10.2. The van der Waals surface area contributed by atoms with Crippen molar-refractivity contribution in [1.29, 1.82) is 0 Å². The maximum absolute atomic E-state index is 11.2. The van der Waals surface area contributed by atoms with E-state index >= 15 is 0 Å². The number of benzene rings is 1. The summed E-state index contributed by atoms with van der Waals surface area (Å²) in [6, 6.07) is 3.16. The molecule has 1 rings (SSSR count). The molecule has 0 saturated heterocycles. The second-order valence-corrected chi connectivity index (χ2v) is 3.52. The molecule has 0 radical (unpaired) electrons. The Balaban J connectivity index is 3.33. The normalized spacial score (nSPS) is 9.77. The molecule has 1 aromatic carbocycles. The minimum Gasteiger partial charge on any atom is -0.465 e. The molecule has 0 aliphatic carbocycles. The number of nitrogens with two attached hydrogens (primary N) is 1. The van der Waals surface area contributed by atoms with Gasteiger partial charge in [-0.05, 0) is 28.1 Å². The first-order chi connectivity index (χ1) is 6.07. The number of ether oxygens (including phenoxy) is 1. The van der Waals surface area contributed by atoms with Crippen LogP contribution in [-0.2, 0) is 4.74 Å². The predicted octanol–water partition coefficient (Wildman–Crippen LogP) is 2.47. The van der Waals surface area contributed by atoms with Crippen LogP contribution in [0.2, 0.25) is 5.02 Å². The molecule has 0 saturated carbocycles. The zero-order chi connectivity index (χ0) is 10.0. The number of nitrogen functional groups attached to an aromatic ring is 1. The second kappa shape index (κ2) is 3.98. The van der Waals surface area contributed by atoms with Crippen LogP contribution >= 0.6 is 27.5 Å². The molecule has 0 fully saturated rings. The van der Waals surface area contributed by atoms with E-state index in [1.807, 2.05) is 0 Å². The van der Waals surface area contributed by atoms with Crippen molar-refractivity contribution in [2.24, 2.45) is 0 Å². The Morgan fingerprint density at radius 2 is 2.23 bits per heavy atom. The van der Waals surface area contributed by atoms with Crippen molar-refractivity contribution in [3.05, 3.63) is 27.2 Å². The van der Waals surface area contributed by atoms with Gasteiger partial charge in [0.15, 0.2) is 0 Å². The molecule has 0 unspecified atom stereocenters. The lowest BCUT2D eigenvalue weighted by Crippen LogP contribution is -2.06. The van der Waals surface area contributed by atoms with E-state index in [1.54, 1.807) is 12.1 Å². The van der Waals surface area contributed by atoms with Gasteiger partial charge in [-0.1, -0.05) is 11.6 Å². The van der Waals surface area contributed by atoms with Crippen molar-refractivity contribution < 1.29 is 9.53 Å². The zero-order valence-electron chi connectivity index (χ0n) is 6.80. The summed E-state index contributed by atoms with van der Waals surface area (Å²) in [5, 5.41) is 0.426. The average Bonchev–Trinajstić information content (AvgIpc) is 2.12. The van der Waals surface area contributed by atoms with E-state index in [9.17, 15) is 4.79 Å². The van der Waals surface area contributed by atoms with Gasteiger partial charge in [-0.2, -0.15) is 0 Å². The van der Waals surface area contributed by atoms with Gasteiger partial charge in [-0.3, -0.25) is 0 Å². The smallest absolute Gasteiger partial charge is 0.341 e. The first-order valence-electron chi connectivity index (χ1n) is 3.39. The van der Waals surface area contributed by atoms with Gasteiger partial charge >= 0.3 is 5.97 Å². The molecule has 2 N–H and O–H groups in total. The number of carbonyl (C=O) groups excluding carboxylic acids is 1. The molecule has 0 spiro atoms. The van der Waals surface area contributed by atoms with E-state index in [0.717, 1.165) is 0 Å². The van der Waals surface area contributed by atoms with Gasteiger partial charge < -0.3 is 10.5 Å². The van der Waals surface area contributed by atoms with Gasteiger partial charge in [0, 0.05) is 5.69 Å². The minimum atomic E-state index is -0.508. The SMILES string of the molecule is COC(=O)c1c(N)ccc(Cl)c1Br. The van der Waals surface area contributed by atoms with Crippen LogP contribution in [0.5, 0.6) is 0 Å². The Kier molecular flexibility index (Phi) is 3.17. The van der Waals surface area contributed by atoms with Crippen molar-refractivity contribution in [2.45, 2.75) is 0 Å². The van der Waals surface area contributed by atoms with Crippen LogP contribution in [0.1, 0.15) is 10.4 Å². The largest absolute Gasteiger partial charge is 0.465 e. The van der Waals surface area contributed by atoms with Gasteiger partial charge in [-0.25, -0.2) is 4.79 Å². The highest BCUT2D eigenvalue weighted by molar-refractivity contribution is 9.10. The lowest BCUT2D eigenvalue weighted by Gasteiger charge is -2.06. The van der Waals surface area contributed by atoms with E-state index in [4.69, 9.17) is 17.3 Å². The molecule has 0 aliphatic rings. The van der Waals surface area contributed by atoms with Crippen molar-refractivity contribution in [3.63, 3.8) is 0 Å². The van der Waals surface area contributed by atoms with E-state index in [2.05, 4.69) is 20.7 Å². The molecular weight excluding hydrogens is 257 g/mol. The summed E-state index contributed by atoms with van der Waals surface area (Å²) in [5.74, 6) is -0.508. The van der Waals surface area contributed by atoms with Gasteiger partial charge in [0.25, 0.3) is 0 Å². The number of halogens is 2. The Bertz CT molecular complexity index is 354. The third kappa shape index (κ3) is 1.95. The predicted molar refractivity (Wildman–Crippen MR) is 54.9 cm³/mol. The van der Waals surface area contributed by atoms with Gasteiger partial charge in [0.2, 0.25) is 0 Å². The number of rotatable bonds is 1. The highest BCUT2D eigenvalue weighted by atomic mass is 79.9. The molecule has 3 nitrogen and oxygen atoms in total. The molecule has 0 aromatic heterocycles. The quantitative estimate of drug-likeness (QED) is 0.626. The fourth-order valence-electron chi connectivity index (χ4n) is 0.875. The zero-order valence-corrected chi connectivity index (χ0v) is 9.15. The van der Waals surface area contributed by atoms with E-state index < -0.39 is 5.97 Å². The molecule has 0 bridgehead atoms. The molecule has 70 valence electrons. The summed E-state index contributed by atoms with van der Waals surface area (Å²) in [4.78, 5) is 11.2. The summed E-state index contributed by atoms with van der Waals surface area (Å²) < 4.78 is 5.00. The monoisotopic (exact) mass is 263 g/mol. The number of hydrogen-bond donors (Lipinski definition) is 1. The Labute approximate surface area is 88.9 Å². The molecule has 0 amide bonds. The Hall–Kier alpha value is -0.740. The van der Waals surface area contributed by atoms with Crippen LogP contribution in [0.25, 0.3) is 0 Å². The minimum absolute atomic E-state index is 0.259. The van der Waals surface area contributed by atoms with E-state index in [0.29, 0.717) is 15.2 Å². The standard InChI is InChI=1S/C8H7BrClNO2/c1-13-8(12)6-5(11)3-2-4(10)7(6)9/h2-3H,11H2,1H3. The van der Waals surface area contributed by atoms with Crippen molar-refractivity contribution in [1.82, 2.24) is 0 Å². The molecule has 0 atom stereocenters. The van der Waals surface area contributed by atoms with Crippen molar-refractivity contribution in [3.8, 4) is 0 Å². The third-order valence-corrected chi connectivity index (χ3v) is 2.88. The highest BCUT2D eigenvalue weighted by Gasteiger charge is 2.16. The van der Waals surface area contributed by atoms with Crippen molar-refractivity contribution >= 4 is 39.2 Å². The Morgan fingerprint density at radius 1 is 1.62 bits per heavy atom. The summed E-state index contributed by atoms with van der Waals surface area (Å²) in [6.07, 6.45) is 0. The number of hydrogen-bond acceptors (Lipinski definition) is 3. The maximum Gasteiger partial charge on any atom is 0.341 e. The van der Waals surface area contributed by atoms with E-state index in [-0.39, 0.29) is 5.56 Å². The van der Waals surface area contributed by atoms with Gasteiger partial charge in [0.05, 0.1) is 22.2 Å². The fourth-order valence-corrected chi connectivity index (χ4v) is 1.56. The topological polar surface area (TPSA) is 52.3 Å². The van der Waals surface area contributed by atoms with Gasteiger partial charge in [-0.15, -0.1) is 0 Å². The second-order valence-electron chi connectivity index (χ2n) is 2.32. The molecular formula is C8H7BrClNO2. The summed E-state index contributed by atoms with van der Waals surface area (Å²) in [7, 11) is 1.29. The van der Waals surface area contributed by atoms with Crippen LogP contribution in [0.15, 0.2) is 16.6 Å². The average molecular weight is 265 g/mol. The van der Waals surface area contributed by atoms with Crippen LogP contribution in [-0.4, -0.2) is 13.1 Å². The molecule has 0 aliphatic heterocycles. The van der Waals surface area contributed by atoms with Gasteiger partial charge in [0.1, 0.15) is 0 Å².